The summed E-state index contributed by atoms with van der Waals surface area (Å²) in [6, 6.07) is 22.2. The molecule has 2 aromatic carbocycles. The van der Waals surface area contributed by atoms with Crippen LogP contribution in [0, 0.1) is 6.92 Å². The van der Waals surface area contributed by atoms with E-state index in [1.165, 1.54) is 0 Å². The Balaban J connectivity index is 1.61. The standard InChI is InChI=1S/C20H16N4S/c1-14-21-17(15-8-4-2-5-9-15)12-19(22-14)24-20-23-18(13-25-20)16-10-6-3-7-11-16/h2-13H,1H3,(H,21,22,23,24). The lowest BCUT2D eigenvalue weighted by molar-refractivity contribution is 1.06. The first-order chi connectivity index (χ1) is 12.3. The Morgan fingerprint density at radius 1 is 0.760 bits per heavy atom. The molecule has 0 unspecified atom stereocenters. The van der Waals surface area contributed by atoms with Crippen LogP contribution in [0.3, 0.4) is 0 Å². The van der Waals surface area contributed by atoms with Crippen molar-refractivity contribution in [1.29, 1.82) is 0 Å². The molecule has 4 rings (SSSR count). The molecule has 0 aliphatic heterocycles. The van der Waals surface area contributed by atoms with Crippen molar-refractivity contribution in [2.24, 2.45) is 0 Å². The summed E-state index contributed by atoms with van der Waals surface area (Å²) < 4.78 is 0. The number of hydrogen-bond acceptors (Lipinski definition) is 5. The Morgan fingerprint density at radius 3 is 2.08 bits per heavy atom. The van der Waals surface area contributed by atoms with Gasteiger partial charge >= 0.3 is 0 Å². The number of rotatable bonds is 4. The maximum atomic E-state index is 4.65. The fourth-order valence-electron chi connectivity index (χ4n) is 2.57. The van der Waals surface area contributed by atoms with Crippen LogP contribution in [0.4, 0.5) is 10.9 Å². The number of nitrogens with one attached hydrogen (secondary N) is 1. The quantitative estimate of drug-likeness (QED) is 0.544. The van der Waals surface area contributed by atoms with Crippen molar-refractivity contribution in [2.45, 2.75) is 6.92 Å². The van der Waals surface area contributed by atoms with Gasteiger partial charge in [-0.15, -0.1) is 11.3 Å². The zero-order valence-electron chi connectivity index (χ0n) is 13.7. The van der Waals surface area contributed by atoms with Crippen molar-refractivity contribution in [3.8, 4) is 22.5 Å². The zero-order valence-corrected chi connectivity index (χ0v) is 14.5. The molecule has 25 heavy (non-hydrogen) atoms. The SMILES string of the molecule is Cc1nc(Nc2nc(-c3ccccc3)cs2)cc(-c2ccccc2)n1. The van der Waals surface area contributed by atoms with Gasteiger partial charge in [0, 0.05) is 22.6 Å². The minimum Gasteiger partial charge on any atom is -0.316 e. The fourth-order valence-corrected chi connectivity index (χ4v) is 3.30. The highest BCUT2D eigenvalue weighted by Gasteiger charge is 2.08. The van der Waals surface area contributed by atoms with Gasteiger partial charge in [-0.1, -0.05) is 60.7 Å². The molecule has 0 saturated carbocycles. The van der Waals surface area contributed by atoms with Crippen molar-refractivity contribution in [3.63, 3.8) is 0 Å². The molecular formula is C20H16N4S. The molecule has 0 saturated heterocycles. The van der Waals surface area contributed by atoms with Crippen LogP contribution < -0.4 is 5.32 Å². The number of anilines is 2. The normalized spacial score (nSPS) is 10.6. The average molecular weight is 344 g/mol. The van der Waals surface area contributed by atoms with Gasteiger partial charge in [-0.3, -0.25) is 0 Å². The average Bonchev–Trinajstić information content (AvgIpc) is 3.11. The number of hydrogen-bond donors (Lipinski definition) is 1. The van der Waals surface area contributed by atoms with Gasteiger partial charge in [-0.05, 0) is 6.92 Å². The molecule has 2 heterocycles. The Kier molecular flexibility index (Phi) is 4.23. The molecule has 0 aliphatic rings. The maximum absolute atomic E-state index is 4.65. The second kappa shape index (κ2) is 6.83. The van der Waals surface area contributed by atoms with Crippen molar-refractivity contribution in [2.75, 3.05) is 5.32 Å². The predicted octanol–water partition coefficient (Wildman–Crippen LogP) is 5.32. The summed E-state index contributed by atoms with van der Waals surface area (Å²) in [6.07, 6.45) is 0. The Hall–Kier alpha value is -3.05. The minimum absolute atomic E-state index is 0.726. The number of thiazole rings is 1. The first-order valence-corrected chi connectivity index (χ1v) is 8.85. The molecule has 5 heteroatoms. The smallest absolute Gasteiger partial charge is 0.188 e. The van der Waals surface area contributed by atoms with E-state index in [0.717, 1.165) is 39.3 Å². The number of aromatic nitrogens is 3. The molecule has 4 aromatic rings. The molecule has 0 bridgehead atoms. The summed E-state index contributed by atoms with van der Waals surface area (Å²) in [5.41, 5.74) is 4.04. The number of aryl methyl sites for hydroxylation is 1. The van der Waals surface area contributed by atoms with E-state index < -0.39 is 0 Å². The Labute approximate surface area is 150 Å². The monoisotopic (exact) mass is 344 g/mol. The van der Waals surface area contributed by atoms with Crippen molar-refractivity contribution in [1.82, 2.24) is 15.0 Å². The molecule has 0 aliphatic carbocycles. The second-order valence-electron chi connectivity index (χ2n) is 5.58. The van der Waals surface area contributed by atoms with Gasteiger partial charge in [0.25, 0.3) is 0 Å². The lowest BCUT2D eigenvalue weighted by Crippen LogP contribution is -1.98. The van der Waals surface area contributed by atoms with Crippen molar-refractivity contribution in [3.05, 3.63) is 77.9 Å². The van der Waals surface area contributed by atoms with Crippen LogP contribution in [0.1, 0.15) is 5.82 Å². The lowest BCUT2D eigenvalue weighted by atomic mass is 10.1. The highest BCUT2D eigenvalue weighted by Crippen LogP contribution is 2.27. The van der Waals surface area contributed by atoms with Crippen LogP contribution in [-0.4, -0.2) is 15.0 Å². The molecule has 0 spiro atoms. The van der Waals surface area contributed by atoms with Gasteiger partial charge in [-0.2, -0.15) is 0 Å². The van der Waals surface area contributed by atoms with E-state index in [0.29, 0.717) is 0 Å². The van der Waals surface area contributed by atoms with E-state index in [1.54, 1.807) is 11.3 Å². The summed E-state index contributed by atoms with van der Waals surface area (Å²) in [5, 5.41) is 6.16. The van der Waals surface area contributed by atoms with Gasteiger partial charge in [0.2, 0.25) is 0 Å². The van der Waals surface area contributed by atoms with E-state index in [-0.39, 0.29) is 0 Å². The summed E-state index contributed by atoms with van der Waals surface area (Å²) in [6.45, 7) is 1.90. The molecule has 4 nitrogen and oxygen atoms in total. The summed E-state index contributed by atoms with van der Waals surface area (Å²) in [7, 11) is 0. The molecular weight excluding hydrogens is 328 g/mol. The van der Waals surface area contributed by atoms with Crippen LogP contribution in [-0.2, 0) is 0 Å². The second-order valence-corrected chi connectivity index (χ2v) is 6.44. The third-order valence-corrected chi connectivity index (χ3v) is 4.47. The van der Waals surface area contributed by atoms with E-state index in [1.807, 2.05) is 66.9 Å². The molecule has 0 radical (unpaired) electrons. The van der Waals surface area contributed by atoms with Crippen LogP contribution in [0.5, 0.6) is 0 Å². The highest BCUT2D eigenvalue weighted by atomic mass is 32.1. The predicted molar refractivity (Wildman–Crippen MR) is 103 cm³/mol. The summed E-state index contributed by atoms with van der Waals surface area (Å²) >= 11 is 1.56. The van der Waals surface area contributed by atoms with Gasteiger partial charge < -0.3 is 5.32 Å². The van der Waals surface area contributed by atoms with E-state index in [2.05, 4.69) is 32.4 Å². The number of benzene rings is 2. The summed E-state index contributed by atoms with van der Waals surface area (Å²) in [4.78, 5) is 13.7. The Bertz CT molecular complexity index is 981. The molecule has 0 atom stereocenters. The van der Waals surface area contributed by atoms with Crippen LogP contribution in [0.25, 0.3) is 22.5 Å². The molecule has 1 N–H and O–H groups in total. The minimum atomic E-state index is 0.726. The largest absolute Gasteiger partial charge is 0.316 e. The molecule has 0 amide bonds. The van der Waals surface area contributed by atoms with Gasteiger partial charge in [0.1, 0.15) is 11.6 Å². The molecule has 0 fully saturated rings. The third-order valence-electron chi connectivity index (χ3n) is 3.72. The summed E-state index contributed by atoms with van der Waals surface area (Å²) in [5.74, 6) is 1.48. The fraction of sp³-hybridized carbons (Fsp3) is 0.0500. The lowest BCUT2D eigenvalue weighted by Gasteiger charge is -2.06. The van der Waals surface area contributed by atoms with Crippen LogP contribution in [0.2, 0.25) is 0 Å². The van der Waals surface area contributed by atoms with Crippen molar-refractivity contribution >= 4 is 22.3 Å². The van der Waals surface area contributed by atoms with E-state index in [4.69, 9.17) is 0 Å². The third kappa shape index (κ3) is 3.56. The number of nitrogens with zero attached hydrogens (tertiary/aromatic N) is 3. The zero-order chi connectivity index (χ0) is 17.1. The molecule has 2 aromatic heterocycles. The molecule has 122 valence electrons. The van der Waals surface area contributed by atoms with Gasteiger partial charge in [-0.25, -0.2) is 15.0 Å². The van der Waals surface area contributed by atoms with Gasteiger partial charge in [0.15, 0.2) is 5.13 Å². The van der Waals surface area contributed by atoms with E-state index >= 15 is 0 Å². The van der Waals surface area contributed by atoms with Crippen LogP contribution >= 0.6 is 11.3 Å². The van der Waals surface area contributed by atoms with Gasteiger partial charge in [0.05, 0.1) is 11.4 Å². The van der Waals surface area contributed by atoms with E-state index in [9.17, 15) is 0 Å². The topological polar surface area (TPSA) is 50.7 Å². The van der Waals surface area contributed by atoms with Crippen LogP contribution in [0.15, 0.2) is 72.1 Å². The maximum Gasteiger partial charge on any atom is 0.188 e. The van der Waals surface area contributed by atoms with Crippen molar-refractivity contribution < 1.29 is 0 Å². The highest BCUT2D eigenvalue weighted by molar-refractivity contribution is 7.14. The Morgan fingerprint density at radius 2 is 1.40 bits per heavy atom. The first kappa shape index (κ1) is 15.5. The first-order valence-electron chi connectivity index (χ1n) is 7.97.